The lowest BCUT2D eigenvalue weighted by atomic mass is 10.1. The average Bonchev–Trinajstić information content (AvgIpc) is 2.90. The number of amides is 1. The Kier molecular flexibility index (Phi) is 4.43. The predicted octanol–water partition coefficient (Wildman–Crippen LogP) is 2.43. The third-order valence-corrected chi connectivity index (χ3v) is 4.13. The molecule has 2 aliphatic heterocycles. The van der Waals surface area contributed by atoms with Crippen LogP contribution in [0.25, 0.3) is 0 Å². The summed E-state index contributed by atoms with van der Waals surface area (Å²) in [5.74, 6) is 5.81. The number of benzene rings is 1. The zero-order chi connectivity index (χ0) is 17.3. The van der Waals surface area contributed by atoms with Crippen LogP contribution < -0.4 is 4.90 Å². The summed E-state index contributed by atoms with van der Waals surface area (Å²) in [6, 6.07) is 5.38. The molecule has 2 heterocycles. The van der Waals surface area contributed by atoms with E-state index in [1.807, 2.05) is 24.0 Å². The Hall–Kier alpha value is -2.55. The van der Waals surface area contributed by atoms with Gasteiger partial charge in [-0.1, -0.05) is 23.6 Å². The molecule has 24 heavy (non-hydrogen) atoms. The smallest absolute Gasteiger partial charge is 0.261 e. The summed E-state index contributed by atoms with van der Waals surface area (Å²) in [6.07, 6.45) is 3.36. The van der Waals surface area contributed by atoms with Crippen molar-refractivity contribution in [3.63, 3.8) is 0 Å². The molecule has 1 aromatic carbocycles. The van der Waals surface area contributed by atoms with Crippen LogP contribution in [-0.4, -0.2) is 41.9 Å². The van der Waals surface area contributed by atoms with E-state index in [0.29, 0.717) is 23.0 Å². The predicted molar refractivity (Wildman–Crippen MR) is 95.0 cm³/mol. The first-order valence-electron chi connectivity index (χ1n) is 7.42. The third-order valence-electron chi connectivity index (χ3n) is 3.81. The average molecular weight is 342 g/mol. The second-order valence-corrected chi connectivity index (χ2v) is 5.87. The molecule has 3 rings (SSSR count). The van der Waals surface area contributed by atoms with Gasteiger partial charge in [0.05, 0.1) is 28.6 Å². The summed E-state index contributed by atoms with van der Waals surface area (Å²) < 4.78 is 0. The van der Waals surface area contributed by atoms with Crippen molar-refractivity contribution in [1.29, 1.82) is 0 Å². The molecule has 5 nitrogen and oxygen atoms in total. The molecule has 0 saturated heterocycles. The van der Waals surface area contributed by atoms with E-state index >= 15 is 0 Å². The van der Waals surface area contributed by atoms with Gasteiger partial charge in [-0.3, -0.25) is 9.79 Å². The number of hydrogen-bond acceptors (Lipinski definition) is 4. The van der Waals surface area contributed by atoms with Crippen molar-refractivity contribution in [3.05, 3.63) is 52.3 Å². The lowest BCUT2D eigenvalue weighted by molar-refractivity contribution is 0.0852. The van der Waals surface area contributed by atoms with Crippen LogP contribution in [0.3, 0.4) is 0 Å². The number of anilines is 1. The van der Waals surface area contributed by atoms with Gasteiger partial charge in [0.25, 0.3) is 5.91 Å². The topological polar surface area (TPSA) is 56.1 Å². The van der Waals surface area contributed by atoms with Crippen LogP contribution in [0, 0.1) is 11.8 Å². The van der Waals surface area contributed by atoms with Crippen LogP contribution in [0.2, 0.25) is 5.02 Å². The summed E-state index contributed by atoms with van der Waals surface area (Å²) in [4.78, 5) is 20.5. The zero-order valence-corrected chi connectivity index (χ0v) is 14.1. The van der Waals surface area contributed by atoms with Gasteiger partial charge in [0.15, 0.2) is 0 Å². The van der Waals surface area contributed by atoms with E-state index in [4.69, 9.17) is 16.7 Å². The Bertz CT molecular complexity index is 859. The summed E-state index contributed by atoms with van der Waals surface area (Å²) in [5.41, 5.74) is 3.32. The Morgan fingerprint density at radius 2 is 2.29 bits per heavy atom. The van der Waals surface area contributed by atoms with E-state index in [1.165, 1.54) is 4.90 Å². The second-order valence-electron chi connectivity index (χ2n) is 5.46. The molecule has 0 unspecified atom stereocenters. The lowest BCUT2D eigenvalue weighted by Crippen LogP contribution is -2.21. The second kappa shape index (κ2) is 6.52. The van der Waals surface area contributed by atoms with Gasteiger partial charge in [0, 0.05) is 13.2 Å². The number of nitrogens with zero attached hydrogens (tertiary/aromatic N) is 3. The van der Waals surface area contributed by atoms with Crippen molar-refractivity contribution in [2.75, 3.05) is 25.2 Å². The number of carbonyl (C=O) groups is 1. The van der Waals surface area contributed by atoms with E-state index in [1.54, 1.807) is 25.4 Å². The molecule has 6 heteroatoms. The highest BCUT2D eigenvalue weighted by atomic mass is 35.5. The number of aliphatic imine (C=N–C) groups is 1. The number of carbonyl (C=O) groups excluding carboxylic acids is 1. The minimum Gasteiger partial charge on any atom is -0.392 e. The first-order valence-corrected chi connectivity index (χ1v) is 7.80. The van der Waals surface area contributed by atoms with Gasteiger partial charge in [0.2, 0.25) is 0 Å². The van der Waals surface area contributed by atoms with Gasteiger partial charge in [-0.15, -0.1) is 0 Å². The van der Waals surface area contributed by atoms with Crippen LogP contribution in [-0.2, 0) is 0 Å². The van der Waals surface area contributed by atoms with Crippen molar-refractivity contribution in [3.8, 4) is 11.8 Å². The Balaban J connectivity index is 2.05. The fraction of sp³-hybridized carbons (Fsp3) is 0.222. The zero-order valence-electron chi connectivity index (χ0n) is 13.4. The number of halogens is 1. The standard InChI is InChI=1S/C18H16ClN3O2/c1-12(8-9-23)6-7-14-16-10-21(2)18(24)17-13(19)4-3-5-15(17)22(16)11-20-14/h3-5,8,10,23H,9,11H2,1-2H3. The van der Waals surface area contributed by atoms with Gasteiger partial charge in [0.1, 0.15) is 12.4 Å². The molecule has 0 spiro atoms. The van der Waals surface area contributed by atoms with Gasteiger partial charge in [-0.05, 0) is 36.6 Å². The molecule has 0 atom stereocenters. The minimum absolute atomic E-state index is 0.0507. The molecule has 2 aliphatic rings. The molecule has 122 valence electrons. The monoisotopic (exact) mass is 341 g/mol. The highest BCUT2D eigenvalue weighted by Crippen LogP contribution is 2.35. The van der Waals surface area contributed by atoms with Crippen molar-refractivity contribution >= 4 is 28.9 Å². The Morgan fingerprint density at radius 1 is 1.50 bits per heavy atom. The van der Waals surface area contributed by atoms with Crippen LogP contribution in [0.15, 0.2) is 46.7 Å². The van der Waals surface area contributed by atoms with Crippen molar-refractivity contribution < 1.29 is 9.90 Å². The number of aliphatic hydroxyl groups excluding tert-OH is 1. The first kappa shape index (κ1) is 16.3. The van der Waals surface area contributed by atoms with Gasteiger partial charge < -0.3 is 14.9 Å². The summed E-state index contributed by atoms with van der Waals surface area (Å²) in [6.45, 7) is 2.15. The first-order chi connectivity index (χ1) is 11.5. The van der Waals surface area contributed by atoms with Gasteiger partial charge in [-0.2, -0.15) is 0 Å². The molecule has 1 amide bonds. The lowest BCUT2D eigenvalue weighted by Gasteiger charge is -2.19. The largest absolute Gasteiger partial charge is 0.392 e. The highest BCUT2D eigenvalue weighted by molar-refractivity contribution is 6.35. The van der Waals surface area contributed by atoms with E-state index in [2.05, 4.69) is 16.8 Å². The Morgan fingerprint density at radius 3 is 3.04 bits per heavy atom. The van der Waals surface area contributed by atoms with E-state index in [9.17, 15) is 4.79 Å². The molecular weight excluding hydrogens is 326 g/mol. The molecule has 0 bridgehead atoms. The maximum Gasteiger partial charge on any atom is 0.261 e. The molecule has 1 aromatic rings. The quantitative estimate of drug-likeness (QED) is 0.798. The normalized spacial score (nSPS) is 16.7. The van der Waals surface area contributed by atoms with Crippen LogP contribution >= 0.6 is 11.6 Å². The van der Waals surface area contributed by atoms with Crippen LogP contribution in [0.5, 0.6) is 0 Å². The number of hydrogen-bond donors (Lipinski definition) is 1. The molecule has 1 N–H and O–H groups in total. The van der Waals surface area contributed by atoms with E-state index in [0.717, 1.165) is 17.0 Å². The number of fused-ring (bicyclic) bond motifs is 3. The summed E-state index contributed by atoms with van der Waals surface area (Å²) in [7, 11) is 1.69. The van der Waals surface area contributed by atoms with Gasteiger partial charge in [-0.25, -0.2) is 0 Å². The third kappa shape index (κ3) is 2.82. The fourth-order valence-electron chi connectivity index (χ4n) is 2.58. The molecule has 0 fully saturated rings. The number of aliphatic hydroxyl groups is 1. The summed E-state index contributed by atoms with van der Waals surface area (Å²) >= 11 is 6.25. The van der Waals surface area contributed by atoms with E-state index < -0.39 is 0 Å². The SMILES string of the molecule is CC(C#CC1=NCN2C1=CN(C)C(=O)c1c(Cl)cccc12)=CCO. The molecule has 0 radical (unpaired) electrons. The van der Waals surface area contributed by atoms with Crippen molar-refractivity contribution in [2.45, 2.75) is 6.92 Å². The molecule has 0 aliphatic carbocycles. The fourth-order valence-corrected chi connectivity index (χ4v) is 2.83. The Labute approximate surface area is 145 Å². The molecule has 0 aromatic heterocycles. The maximum absolute atomic E-state index is 12.6. The van der Waals surface area contributed by atoms with Gasteiger partial charge >= 0.3 is 0 Å². The number of allylic oxidation sites excluding steroid dienone is 2. The summed E-state index contributed by atoms with van der Waals surface area (Å²) in [5, 5.41) is 9.32. The van der Waals surface area contributed by atoms with Crippen LogP contribution in [0.1, 0.15) is 17.3 Å². The highest BCUT2D eigenvalue weighted by Gasteiger charge is 2.32. The maximum atomic E-state index is 12.6. The van der Waals surface area contributed by atoms with Crippen molar-refractivity contribution in [2.24, 2.45) is 4.99 Å². The molecular formula is C18H16ClN3O2. The van der Waals surface area contributed by atoms with E-state index in [-0.39, 0.29) is 12.5 Å². The van der Waals surface area contributed by atoms with Crippen molar-refractivity contribution in [1.82, 2.24) is 4.90 Å². The molecule has 0 saturated carbocycles. The van der Waals surface area contributed by atoms with Crippen LogP contribution in [0.4, 0.5) is 5.69 Å². The minimum atomic E-state index is -0.166. The number of rotatable bonds is 1.